The Labute approximate surface area is 115 Å². The lowest BCUT2D eigenvalue weighted by molar-refractivity contribution is -0.127. The third-order valence-electron chi connectivity index (χ3n) is 3.01. The van der Waals surface area contributed by atoms with Crippen LogP contribution in [0.1, 0.15) is 32.8 Å². The van der Waals surface area contributed by atoms with Crippen molar-refractivity contribution in [2.75, 3.05) is 7.05 Å². The van der Waals surface area contributed by atoms with Crippen LogP contribution < -0.4 is 15.4 Å². The Bertz CT molecular complexity index is 407. The van der Waals surface area contributed by atoms with E-state index in [4.69, 9.17) is 4.74 Å². The fraction of sp³-hybridized carbons (Fsp3) is 0.533. The summed E-state index contributed by atoms with van der Waals surface area (Å²) < 4.78 is 5.75. The summed E-state index contributed by atoms with van der Waals surface area (Å²) in [6.07, 6.45) is 0.418. The van der Waals surface area contributed by atoms with Crippen molar-refractivity contribution in [2.45, 2.75) is 45.9 Å². The number of para-hydroxylation sites is 1. The lowest BCUT2D eigenvalue weighted by Gasteiger charge is -2.19. The number of carbonyl (C=O) groups excluding carboxylic acids is 1. The first-order valence-corrected chi connectivity index (χ1v) is 6.78. The zero-order valence-electron chi connectivity index (χ0n) is 12.2. The number of ether oxygens (including phenoxy) is 1. The van der Waals surface area contributed by atoms with Gasteiger partial charge in [-0.2, -0.15) is 0 Å². The summed E-state index contributed by atoms with van der Waals surface area (Å²) >= 11 is 0. The summed E-state index contributed by atoms with van der Waals surface area (Å²) in [5.74, 6) is 0.678. The number of benzene rings is 1. The second kappa shape index (κ2) is 7.79. The number of hydrogen-bond donors (Lipinski definition) is 2. The van der Waals surface area contributed by atoms with Crippen molar-refractivity contribution in [3.05, 3.63) is 29.8 Å². The molecule has 0 aromatic heterocycles. The van der Waals surface area contributed by atoms with Crippen molar-refractivity contribution in [3.8, 4) is 5.75 Å². The van der Waals surface area contributed by atoms with E-state index < -0.39 is 6.10 Å². The Balaban J connectivity index is 2.65. The minimum Gasteiger partial charge on any atom is -0.481 e. The van der Waals surface area contributed by atoms with Gasteiger partial charge < -0.3 is 15.4 Å². The molecule has 0 radical (unpaired) electrons. The topological polar surface area (TPSA) is 50.4 Å². The van der Waals surface area contributed by atoms with Crippen molar-refractivity contribution in [3.63, 3.8) is 0 Å². The van der Waals surface area contributed by atoms with Crippen LogP contribution in [0.5, 0.6) is 5.75 Å². The molecule has 0 spiro atoms. The van der Waals surface area contributed by atoms with Gasteiger partial charge in [0, 0.05) is 18.2 Å². The Morgan fingerprint density at radius 1 is 1.32 bits per heavy atom. The highest BCUT2D eigenvalue weighted by molar-refractivity contribution is 5.81. The average molecular weight is 264 g/mol. The van der Waals surface area contributed by atoms with Crippen molar-refractivity contribution >= 4 is 5.91 Å². The minimum absolute atomic E-state index is 0.0754. The molecule has 0 heterocycles. The predicted molar refractivity (Wildman–Crippen MR) is 77.2 cm³/mol. The van der Waals surface area contributed by atoms with Crippen LogP contribution in [-0.4, -0.2) is 25.1 Å². The molecule has 2 atom stereocenters. The van der Waals surface area contributed by atoms with Gasteiger partial charge in [0.25, 0.3) is 5.91 Å². The first kappa shape index (κ1) is 15.5. The summed E-state index contributed by atoms with van der Waals surface area (Å²) in [6.45, 7) is 6.52. The highest BCUT2D eigenvalue weighted by atomic mass is 16.5. The summed E-state index contributed by atoms with van der Waals surface area (Å²) in [4.78, 5) is 11.9. The molecule has 0 saturated carbocycles. The number of rotatable bonds is 7. The van der Waals surface area contributed by atoms with E-state index in [0.29, 0.717) is 0 Å². The molecular formula is C15H24N2O2. The van der Waals surface area contributed by atoms with Crippen LogP contribution in [0.25, 0.3) is 0 Å². The third kappa shape index (κ3) is 4.91. The number of nitrogens with one attached hydrogen (secondary N) is 2. The molecule has 0 aliphatic heterocycles. The van der Waals surface area contributed by atoms with Crippen LogP contribution in [0, 0.1) is 0 Å². The van der Waals surface area contributed by atoms with Gasteiger partial charge in [0.1, 0.15) is 5.75 Å². The molecule has 0 saturated heterocycles. The Morgan fingerprint density at radius 2 is 2.00 bits per heavy atom. The van der Waals surface area contributed by atoms with Gasteiger partial charge in [0.15, 0.2) is 6.10 Å². The molecule has 2 N–H and O–H groups in total. The van der Waals surface area contributed by atoms with Crippen LogP contribution >= 0.6 is 0 Å². The quantitative estimate of drug-likeness (QED) is 0.793. The van der Waals surface area contributed by atoms with E-state index in [2.05, 4.69) is 10.6 Å². The van der Waals surface area contributed by atoms with Gasteiger partial charge in [0.2, 0.25) is 0 Å². The Hall–Kier alpha value is -1.55. The molecule has 0 aliphatic carbocycles. The molecular weight excluding hydrogens is 240 g/mol. The highest BCUT2D eigenvalue weighted by Crippen LogP contribution is 2.19. The van der Waals surface area contributed by atoms with Crippen LogP contribution in [-0.2, 0) is 11.3 Å². The summed E-state index contributed by atoms with van der Waals surface area (Å²) in [6, 6.07) is 7.92. The summed E-state index contributed by atoms with van der Waals surface area (Å²) in [7, 11) is 1.88. The Morgan fingerprint density at radius 3 is 2.63 bits per heavy atom. The predicted octanol–water partition coefficient (Wildman–Crippen LogP) is 2.09. The van der Waals surface area contributed by atoms with Crippen LogP contribution in [0.2, 0.25) is 0 Å². The van der Waals surface area contributed by atoms with Gasteiger partial charge in [-0.25, -0.2) is 0 Å². The lowest BCUT2D eigenvalue weighted by Crippen LogP contribution is -2.41. The number of amides is 1. The molecule has 0 bridgehead atoms. The van der Waals surface area contributed by atoms with E-state index in [1.807, 2.05) is 45.2 Å². The van der Waals surface area contributed by atoms with Crippen molar-refractivity contribution in [2.24, 2.45) is 0 Å². The zero-order chi connectivity index (χ0) is 14.3. The maximum Gasteiger partial charge on any atom is 0.260 e. The van der Waals surface area contributed by atoms with Gasteiger partial charge in [-0.15, -0.1) is 0 Å². The molecule has 1 amide bonds. The zero-order valence-corrected chi connectivity index (χ0v) is 12.2. The van der Waals surface area contributed by atoms with Gasteiger partial charge >= 0.3 is 0 Å². The van der Waals surface area contributed by atoms with Crippen molar-refractivity contribution < 1.29 is 9.53 Å². The third-order valence-corrected chi connectivity index (χ3v) is 3.01. The van der Waals surface area contributed by atoms with Crippen LogP contribution in [0.4, 0.5) is 0 Å². The first-order valence-electron chi connectivity index (χ1n) is 6.78. The number of hydrogen-bond acceptors (Lipinski definition) is 3. The molecule has 4 heteroatoms. The Kier molecular flexibility index (Phi) is 6.36. The smallest absolute Gasteiger partial charge is 0.260 e. The summed E-state index contributed by atoms with van der Waals surface area (Å²) in [5, 5.41) is 6.01. The monoisotopic (exact) mass is 264 g/mol. The van der Waals surface area contributed by atoms with Crippen LogP contribution in [0.3, 0.4) is 0 Å². The van der Waals surface area contributed by atoms with E-state index in [9.17, 15) is 4.79 Å². The average Bonchev–Trinajstić information content (AvgIpc) is 2.41. The molecule has 106 valence electrons. The molecule has 4 nitrogen and oxygen atoms in total. The number of carbonyl (C=O) groups is 1. The highest BCUT2D eigenvalue weighted by Gasteiger charge is 2.17. The SMILES string of the molecule is CCC(C)NC(=O)C(C)Oc1ccccc1CNC. The van der Waals surface area contributed by atoms with E-state index in [0.717, 1.165) is 24.3 Å². The normalized spacial score (nSPS) is 13.7. The second-order valence-electron chi connectivity index (χ2n) is 4.72. The lowest BCUT2D eigenvalue weighted by atomic mass is 10.2. The van der Waals surface area contributed by atoms with Gasteiger partial charge in [0.05, 0.1) is 0 Å². The molecule has 1 aromatic carbocycles. The first-order chi connectivity index (χ1) is 9.08. The van der Waals surface area contributed by atoms with E-state index in [-0.39, 0.29) is 11.9 Å². The molecule has 0 fully saturated rings. The maximum atomic E-state index is 11.9. The van der Waals surface area contributed by atoms with Gasteiger partial charge in [-0.1, -0.05) is 25.1 Å². The minimum atomic E-state index is -0.494. The molecule has 19 heavy (non-hydrogen) atoms. The fourth-order valence-electron chi connectivity index (χ4n) is 1.66. The van der Waals surface area contributed by atoms with E-state index in [1.54, 1.807) is 6.92 Å². The van der Waals surface area contributed by atoms with Gasteiger partial charge in [-0.05, 0) is 33.4 Å². The second-order valence-corrected chi connectivity index (χ2v) is 4.72. The van der Waals surface area contributed by atoms with Crippen molar-refractivity contribution in [1.82, 2.24) is 10.6 Å². The van der Waals surface area contributed by atoms with E-state index in [1.165, 1.54) is 0 Å². The van der Waals surface area contributed by atoms with E-state index >= 15 is 0 Å². The summed E-state index contributed by atoms with van der Waals surface area (Å²) in [5.41, 5.74) is 1.05. The maximum absolute atomic E-state index is 11.9. The largest absolute Gasteiger partial charge is 0.481 e. The van der Waals surface area contributed by atoms with Crippen molar-refractivity contribution in [1.29, 1.82) is 0 Å². The molecule has 2 unspecified atom stereocenters. The molecule has 1 rings (SSSR count). The standard InChI is InChI=1S/C15H24N2O2/c1-5-11(2)17-15(18)12(3)19-14-9-7-6-8-13(14)10-16-4/h6-9,11-12,16H,5,10H2,1-4H3,(H,17,18). The van der Waals surface area contributed by atoms with Gasteiger partial charge in [-0.3, -0.25) is 4.79 Å². The van der Waals surface area contributed by atoms with Crippen LogP contribution in [0.15, 0.2) is 24.3 Å². The molecule has 0 aliphatic rings. The molecule has 1 aromatic rings. The fourth-order valence-corrected chi connectivity index (χ4v) is 1.66.